The van der Waals surface area contributed by atoms with E-state index < -0.39 is 0 Å². The van der Waals surface area contributed by atoms with Crippen molar-refractivity contribution >= 4 is 11.8 Å². The minimum atomic E-state index is 0.459. The Morgan fingerprint density at radius 1 is 1.35 bits per heavy atom. The van der Waals surface area contributed by atoms with Crippen LogP contribution in [-0.2, 0) is 12.2 Å². The first-order chi connectivity index (χ1) is 9.81. The lowest BCUT2D eigenvalue weighted by Gasteiger charge is -2.14. The topological polar surface area (TPSA) is 51.0 Å². The van der Waals surface area contributed by atoms with Crippen molar-refractivity contribution in [1.29, 1.82) is 0 Å². The van der Waals surface area contributed by atoms with Gasteiger partial charge < -0.3 is 9.84 Å². The summed E-state index contributed by atoms with van der Waals surface area (Å²) in [6.45, 7) is 5.34. The summed E-state index contributed by atoms with van der Waals surface area (Å²) in [6.07, 6.45) is 8.66. The number of hydrogen-bond acceptors (Lipinski definition) is 5. The Kier molecular flexibility index (Phi) is 6.87. The molecule has 0 spiro atoms. The van der Waals surface area contributed by atoms with Crippen LogP contribution in [-0.4, -0.2) is 28.0 Å². The first-order valence-corrected chi connectivity index (χ1v) is 9.03. The van der Waals surface area contributed by atoms with Gasteiger partial charge in [-0.2, -0.15) is 16.7 Å². The molecular formula is C15H27N3OS. The summed E-state index contributed by atoms with van der Waals surface area (Å²) in [5.74, 6) is 2.54. The molecule has 0 bridgehead atoms. The minimum absolute atomic E-state index is 0.459. The number of aromatic nitrogens is 2. The average Bonchev–Trinajstić information content (AvgIpc) is 3.08. The van der Waals surface area contributed by atoms with E-state index >= 15 is 0 Å². The highest BCUT2D eigenvalue weighted by atomic mass is 32.2. The second kappa shape index (κ2) is 8.67. The Balaban J connectivity index is 1.77. The van der Waals surface area contributed by atoms with E-state index in [1.54, 1.807) is 0 Å². The van der Waals surface area contributed by atoms with Gasteiger partial charge in [0.2, 0.25) is 5.89 Å². The summed E-state index contributed by atoms with van der Waals surface area (Å²) in [6, 6.07) is 0.459. The Morgan fingerprint density at radius 2 is 2.15 bits per heavy atom. The van der Waals surface area contributed by atoms with Gasteiger partial charge in [0, 0.05) is 17.7 Å². The molecule has 1 unspecified atom stereocenters. The van der Waals surface area contributed by atoms with Gasteiger partial charge in [-0.25, -0.2) is 0 Å². The Hall–Kier alpha value is -0.550. The molecule has 4 nitrogen and oxygen atoms in total. The molecule has 0 aliphatic heterocycles. The molecular weight excluding hydrogens is 270 g/mol. The summed E-state index contributed by atoms with van der Waals surface area (Å²) in [5.41, 5.74) is 0. The van der Waals surface area contributed by atoms with Crippen LogP contribution in [0.2, 0.25) is 0 Å². The zero-order valence-electron chi connectivity index (χ0n) is 12.7. The Labute approximate surface area is 126 Å². The molecule has 20 heavy (non-hydrogen) atoms. The number of likely N-dealkylation sites (N-methyl/N-ethyl adjacent to an activating group) is 1. The van der Waals surface area contributed by atoms with Crippen LogP contribution in [0.15, 0.2) is 4.52 Å². The SMILES string of the molecule is CCCC(Cc1nc(CSC2CCCC2)no1)NCC. The van der Waals surface area contributed by atoms with Crippen LogP contribution in [0.3, 0.4) is 0 Å². The van der Waals surface area contributed by atoms with Crippen molar-refractivity contribution in [3.05, 3.63) is 11.7 Å². The highest BCUT2D eigenvalue weighted by molar-refractivity contribution is 7.99. The maximum absolute atomic E-state index is 5.39. The molecule has 1 atom stereocenters. The normalized spacial score (nSPS) is 17.7. The molecule has 1 aliphatic carbocycles. The van der Waals surface area contributed by atoms with Crippen LogP contribution >= 0.6 is 11.8 Å². The van der Waals surface area contributed by atoms with E-state index in [0.717, 1.165) is 42.1 Å². The predicted molar refractivity (Wildman–Crippen MR) is 83.9 cm³/mol. The van der Waals surface area contributed by atoms with E-state index in [0.29, 0.717) is 6.04 Å². The van der Waals surface area contributed by atoms with Gasteiger partial charge in [-0.15, -0.1) is 0 Å². The van der Waals surface area contributed by atoms with Gasteiger partial charge in [0.25, 0.3) is 0 Å². The third-order valence-electron chi connectivity index (χ3n) is 3.81. The summed E-state index contributed by atoms with van der Waals surface area (Å²) >= 11 is 1.99. The third-order valence-corrected chi connectivity index (χ3v) is 5.18. The molecule has 114 valence electrons. The Morgan fingerprint density at radius 3 is 2.85 bits per heavy atom. The zero-order valence-corrected chi connectivity index (χ0v) is 13.5. The van der Waals surface area contributed by atoms with Gasteiger partial charge in [-0.1, -0.05) is 38.3 Å². The molecule has 0 amide bonds. The molecule has 1 aliphatic rings. The number of nitrogens with one attached hydrogen (secondary N) is 1. The monoisotopic (exact) mass is 297 g/mol. The lowest BCUT2D eigenvalue weighted by molar-refractivity contribution is 0.349. The maximum atomic E-state index is 5.39. The largest absolute Gasteiger partial charge is 0.339 e. The fourth-order valence-corrected chi connectivity index (χ4v) is 3.97. The molecule has 0 radical (unpaired) electrons. The average molecular weight is 297 g/mol. The lowest BCUT2D eigenvalue weighted by atomic mass is 10.1. The van der Waals surface area contributed by atoms with E-state index in [1.807, 2.05) is 11.8 Å². The van der Waals surface area contributed by atoms with E-state index in [1.165, 1.54) is 32.1 Å². The molecule has 1 N–H and O–H groups in total. The van der Waals surface area contributed by atoms with Crippen molar-refractivity contribution in [2.24, 2.45) is 0 Å². The second-order valence-electron chi connectivity index (χ2n) is 5.57. The number of nitrogens with zero attached hydrogens (tertiary/aromatic N) is 2. The molecule has 0 aromatic carbocycles. The predicted octanol–water partition coefficient (Wildman–Crippen LogP) is 3.57. The van der Waals surface area contributed by atoms with Gasteiger partial charge in [0.15, 0.2) is 5.82 Å². The first kappa shape index (κ1) is 15.8. The minimum Gasteiger partial charge on any atom is -0.339 e. The molecule has 1 heterocycles. The summed E-state index contributed by atoms with van der Waals surface area (Å²) in [7, 11) is 0. The molecule has 2 rings (SSSR count). The summed E-state index contributed by atoms with van der Waals surface area (Å²) in [4.78, 5) is 4.54. The molecule has 1 aromatic rings. The van der Waals surface area contributed by atoms with Crippen LogP contribution in [0.4, 0.5) is 0 Å². The molecule has 5 heteroatoms. The van der Waals surface area contributed by atoms with Gasteiger partial charge in [0.1, 0.15) is 0 Å². The first-order valence-electron chi connectivity index (χ1n) is 7.98. The van der Waals surface area contributed by atoms with E-state index in [2.05, 4.69) is 29.3 Å². The van der Waals surface area contributed by atoms with Crippen molar-refractivity contribution in [2.45, 2.75) is 75.8 Å². The van der Waals surface area contributed by atoms with E-state index in [-0.39, 0.29) is 0 Å². The fourth-order valence-electron chi connectivity index (χ4n) is 2.80. The second-order valence-corrected chi connectivity index (χ2v) is 6.86. The third kappa shape index (κ3) is 5.09. The van der Waals surface area contributed by atoms with Gasteiger partial charge in [-0.3, -0.25) is 0 Å². The smallest absolute Gasteiger partial charge is 0.228 e. The number of rotatable bonds is 9. The standard InChI is InChI=1S/C15H27N3OS/c1-3-7-12(16-4-2)10-15-17-14(18-19-15)11-20-13-8-5-6-9-13/h12-13,16H,3-11H2,1-2H3. The summed E-state index contributed by atoms with van der Waals surface area (Å²) in [5, 5.41) is 8.41. The molecule has 1 aromatic heterocycles. The van der Waals surface area contributed by atoms with Crippen molar-refractivity contribution < 1.29 is 4.52 Å². The van der Waals surface area contributed by atoms with Crippen LogP contribution in [0, 0.1) is 0 Å². The maximum Gasteiger partial charge on any atom is 0.228 e. The van der Waals surface area contributed by atoms with Gasteiger partial charge >= 0.3 is 0 Å². The molecule has 1 fully saturated rings. The molecule has 1 saturated carbocycles. The van der Waals surface area contributed by atoms with Crippen LogP contribution in [0.5, 0.6) is 0 Å². The van der Waals surface area contributed by atoms with E-state index in [4.69, 9.17) is 4.52 Å². The van der Waals surface area contributed by atoms with Gasteiger partial charge in [0.05, 0.1) is 5.75 Å². The quantitative estimate of drug-likeness (QED) is 0.755. The van der Waals surface area contributed by atoms with Gasteiger partial charge in [-0.05, 0) is 25.8 Å². The van der Waals surface area contributed by atoms with Crippen molar-refractivity contribution in [3.63, 3.8) is 0 Å². The fraction of sp³-hybridized carbons (Fsp3) is 0.867. The van der Waals surface area contributed by atoms with Crippen molar-refractivity contribution in [3.8, 4) is 0 Å². The van der Waals surface area contributed by atoms with Crippen LogP contribution in [0.1, 0.15) is 64.1 Å². The van der Waals surface area contributed by atoms with Crippen LogP contribution in [0.25, 0.3) is 0 Å². The number of thioether (sulfide) groups is 1. The highest BCUT2D eigenvalue weighted by Crippen LogP contribution is 2.30. The van der Waals surface area contributed by atoms with E-state index in [9.17, 15) is 0 Å². The summed E-state index contributed by atoms with van der Waals surface area (Å²) < 4.78 is 5.39. The molecule has 0 saturated heterocycles. The number of hydrogen-bond donors (Lipinski definition) is 1. The lowest BCUT2D eigenvalue weighted by Crippen LogP contribution is -2.30. The highest BCUT2D eigenvalue weighted by Gasteiger charge is 2.17. The van der Waals surface area contributed by atoms with Crippen molar-refractivity contribution in [1.82, 2.24) is 15.5 Å². The van der Waals surface area contributed by atoms with Crippen molar-refractivity contribution in [2.75, 3.05) is 6.54 Å². The van der Waals surface area contributed by atoms with Crippen LogP contribution < -0.4 is 5.32 Å². The zero-order chi connectivity index (χ0) is 14.2. The Bertz CT molecular complexity index is 371.